The van der Waals surface area contributed by atoms with Gasteiger partial charge in [0.25, 0.3) is 0 Å². The Morgan fingerprint density at radius 1 is 1.14 bits per heavy atom. The van der Waals surface area contributed by atoms with E-state index in [0.29, 0.717) is 22.4 Å². The fourth-order valence-corrected chi connectivity index (χ4v) is 4.32. The number of nitrogens with zero attached hydrogens (tertiary/aromatic N) is 2. The number of aromatic nitrogens is 1. The Balaban J connectivity index is 1.85. The van der Waals surface area contributed by atoms with Gasteiger partial charge in [0.05, 0.1) is 19.8 Å². The van der Waals surface area contributed by atoms with Gasteiger partial charge in [0, 0.05) is 16.9 Å². The number of allylic oxidation sites excluding steroid dienone is 1. The van der Waals surface area contributed by atoms with Crippen LogP contribution in [0.4, 0.5) is 13.2 Å². The van der Waals surface area contributed by atoms with Gasteiger partial charge in [0.15, 0.2) is 17.3 Å². The topological polar surface area (TPSA) is 92.4 Å². The van der Waals surface area contributed by atoms with Crippen LogP contribution in [-0.2, 0) is 11.9 Å². The SMILES string of the molecule is COc1cc(C(=O)/C=C/c2ccc(OC)c(CSc3nc(C(F)(F)F)cc(C)c3C#N)c2)ccc1O. The predicted octanol–water partition coefficient (Wildman–Crippen LogP) is 6.19. The Kier molecular flexibility index (Phi) is 8.27. The smallest absolute Gasteiger partial charge is 0.433 e. The zero-order chi connectivity index (χ0) is 26.5. The van der Waals surface area contributed by atoms with E-state index in [4.69, 9.17) is 9.47 Å². The summed E-state index contributed by atoms with van der Waals surface area (Å²) < 4.78 is 50.1. The summed E-state index contributed by atoms with van der Waals surface area (Å²) in [6.45, 7) is 1.44. The van der Waals surface area contributed by atoms with Gasteiger partial charge < -0.3 is 14.6 Å². The van der Waals surface area contributed by atoms with Crippen LogP contribution in [0.2, 0.25) is 0 Å². The van der Waals surface area contributed by atoms with E-state index < -0.39 is 11.9 Å². The molecule has 0 atom stereocenters. The van der Waals surface area contributed by atoms with Crippen molar-refractivity contribution < 1.29 is 32.5 Å². The average molecular weight is 515 g/mol. The summed E-state index contributed by atoms with van der Waals surface area (Å²) in [5, 5.41) is 19.1. The second-order valence-electron chi connectivity index (χ2n) is 7.56. The molecule has 36 heavy (non-hydrogen) atoms. The molecule has 0 bridgehead atoms. The summed E-state index contributed by atoms with van der Waals surface area (Å²) in [6.07, 6.45) is -1.69. The van der Waals surface area contributed by atoms with Gasteiger partial charge in [-0.3, -0.25) is 4.79 Å². The maximum absolute atomic E-state index is 13.2. The second kappa shape index (κ2) is 11.2. The highest BCUT2D eigenvalue weighted by molar-refractivity contribution is 7.98. The fraction of sp³-hybridized carbons (Fsp3) is 0.192. The number of ether oxygens (including phenoxy) is 2. The van der Waals surface area contributed by atoms with Crippen molar-refractivity contribution in [3.8, 4) is 23.3 Å². The van der Waals surface area contributed by atoms with E-state index in [9.17, 15) is 28.3 Å². The molecule has 0 saturated heterocycles. The van der Waals surface area contributed by atoms with Gasteiger partial charge in [0.1, 0.15) is 22.5 Å². The number of rotatable bonds is 8. The number of ketones is 1. The minimum atomic E-state index is -4.63. The van der Waals surface area contributed by atoms with Crippen molar-refractivity contribution >= 4 is 23.6 Å². The predicted molar refractivity (Wildman–Crippen MR) is 129 cm³/mol. The average Bonchev–Trinajstić information content (AvgIpc) is 2.85. The number of pyridine rings is 1. The number of thioether (sulfide) groups is 1. The van der Waals surface area contributed by atoms with Crippen LogP contribution in [0.25, 0.3) is 6.08 Å². The molecule has 1 aromatic heterocycles. The maximum atomic E-state index is 13.2. The largest absolute Gasteiger partial charge is 0.504 e. The molecule has 0 fully saturated rings. The summed E-state index contributed by atoms with van der Waals surface area (Å²) in [5.41, 5.74) is 0.825. The van der Waals surface area contributed by atoms with Crippen molar-refractivity contribution in [3.63, 3.8) is 0 Å². The molecule has 0 aliphatic carbocycles. The number of phenolic OH excluding ortho intramolecular Hbond substituents is 1. The van der Waals surface area contributed by atoms with Gasteiger partial charge in [-0.05, 0) is 60.5 Å². The van der Waals surface area contributed by atoms with Crippen LogP contribution in [0, 0.1) is 18.3 Å². The van der Waals surface area contributed by atoms with Gasteiger partial charge in [-0.25, -0.2) is 4.98 Å². The van der Waals surface area contributed by atoms with Crippen LogP contribution in [0.1, 0.15) is 38.3 Å². The highest BCUT2D eigenvalue weighted by atomic mass is 32.2. The third-order valence-corrected chi connectivity index (χ3v) is 6.17. The third kappa shape index (κ3) is 6.17. The molecule has 0 amide bonds. The van der Waals surface area contributed by atoms with E-state index in [1.54, 1.807) is 24.3 Å². The molecule has 0 unspecified atom stereocenters. The highest BCUT2D eigenvalue weighted by Crippen LogP contribution is 2.35. The van der Waals surface area contributed by atoms with Crippen molar-refractivity contribution in [3.05, 3.63) is 82.1 Å². The molecule has 0 saturated carbocycles. The standard InChI is InChI=1S/C26H21F3N2O4S/c1-15-10-24(26(27,28)29)31-25(19(15)13-30)36-14-18-11-16(5-9-22(18)34-2)4-7-20(32)17-6-8-21(33)23(12-17)35-3/h4-12,33H,14H2,1-3H3/b7-4+. The lowest BCUT2D eigenvalue weighted by atomic mass is 10.1. The zero-order valence-electron chi connectivity index (χ0n) is 19.5. The molecular formula is C26H21F3N2O4S. The molecule has 1 heterocycles. The van der Waals surface area contributed by atoms with E-state index in [-0.39, 0.29) is 39.2 Å². The summed E-state index contributed by atoms with van der Waals surface area (Å²) >= 11 is 0.992. The first-order valence-electron chi connectivity index (χ1n) is 10.5. The van der Waals surface area contributed by atoms with Gasteiger partial charge >= 0.3 is 6.18 Å². The lowest BCUT2D eigenvalue weighted by Gasteiger charge is -2.13. The van der Waals surface area contributed by atoms with E-state index in [1.807, 2.05) is 6.07 Å². The monoisotopic (exact) mass is 514 g/mol. The summed E-state index contributed by atoms with van der Waals surface area (Å²) in [7, 11) is 2.85. The van der Waals surface area contributed by atoms with Crippen LogP contribution < -0.4 is 9.47 Å². The molecule has 10 heteroatoms. The molecule has 2 aromatic carbocycles. The van der Waals surface area contributed by atoms with Crippen molar-refractivity contribution in [2.45, 2.75) is 23.9 Å². The van der Waals surface area contributed by atoms with Crippen molar-refractivity contribution in [1.82, 2.24) is 4.98 Å². The molecule has 0 radical (unpaired) electrons. The summed E-state index contributed by atoms with van der Waals surface area (Å²) in [4.78, 5) is 16.2. The molecular weight excluding hydrogens is 493 g/mol. The van der Waals surface area contributed by atoms with Crippen LogP contribution >= 0.6 is 11.8 Å². The number of halogens is 3. The first-order valence-corrected chi connectivity index (χ1v) is 11.4. The number of carbonyl (C=O) groups is 1. The Labute approximate surface area is 210 Å². The number of carbonyl (C=O) groups excluding carboxylic acids is 1. The number of nitriles is 1. The third-order valence-electron chi connectivity index (χ3n) is 5.15. The lowest BCUT2D eigenvalue weighted by Crippen LogP contribution is -2.10. The van der Waals surface area contributed by atoms with Crippen LogP contribution in [-0.4, -0.2) is 30.1 Å². The Morgan fingerprint density at radius 3 is 2.50 bits per heavy atom. The molecule has 6 nitrogen and oxygen atoms in total. The number of hydrogen-bond acceptors (Lipinski definition) is 7. The normalized spacial score (nSPS) is 11.4. The molecule has 1 N–H and O–H groups in total. The number of phenols is 1. The van der Waals surface area contributed by atoms with Crippen molar-refractivity contribution in [1.29, 1.82) is 5.26 Å². The van der Waals surface area contributed by atoms with E-state index in [1.165, 1.54) is 45.4 Å². The Morgan fingerprint density at radius 2 is 1.86 bits per heavy atom. The molecule has 186 valence electrons. The number of alkyl halides is 3. The first-order chi connectivity index (χ1) is 17.1. The second-order valence-corrected chi connectivity index (χ2v) is 8.52. The molecule has 3 aromatic rings. The summed E-state index contributed by atoms with van der Waals surface area (Å²) in [6, 6.07) is 12.2. The quantitative estimate of drug-likeness (QED) is 0.218. The van der Waals surface area contributed by atoms with Crippen molar-refractivity contribution in [2.75, 3.05) is 14.2 Å². The lowest BCUT2D eigenvalue weighted by molar-refractivity contribution is -0.141. The van der Waals surface area contributed by atoms with Crippen LogP contribution in [0.15, 0.2) is 53.6 Å². The first kappa shape index (κ1) is 26.6. The summed E-state index contributed by atoms with van der Waals surface area (Å²) in [5.74, 6) is 0.448. The minimum Gasteiger partial charge on any atom is -0.504 e. The zero-order valence-corrected chi connectivity index (χ0v) is 20.3. The van der Waals surface area contributed by atoms with E-state index >= 15 is 0 Å². The van der Waals surface area contributed by atoms with Gasteiger partial charge in [0.2, 0.25) is 0 Å². The highest BCUT2D eigenvalue weighted by Gasteiger charge is 2.34. The molecule has 0 aliphatic heterocycles. The number of aromatic hydroxyl groups is 1. The number of aryl methyl sites for hydroxylation is 1. The maximum Gasteiger partial charge on any atom is 0.433 e. The van der Waals surface area contributed by atoms with Gasteiger partial charge in [-0.1, -0.05) is 12.1 Å². The minimum absolute atomic E-state index is 0.0238. The number of benzene rings is 2. The number of hydrogen-bond donors (Lipinski definition) is 1. The van der Waals surface area contributed by atoms with Gasteiger partial charge in [-0.2, -0.15) is 18.4 Å². The molecule has 0 aliphatic rings. The molecule has 0 spiro atoms. The fourth-order valence-electron chi connectivity index (χ4n) is 3.29. The van der Waals surface area contributed by atoms with E-state index in [2.05, 4.69) is 4.98 Å². The Hall–Kier alpha value is -3.97. The van der Waals surface area contributed by atoms with Crippen LogP contribution in [0.5, 0.6) is 17.2 Å². The van der Waals surface area contributed by atoms with Crippen molar-refractivity contribution in [2.24, 2.45) is 0 Å². The number of methoxy groups -OCH3 is 2. The van der Waals surface area contributed by atoms with E-state index in [0.717, 1.165) is 17.8 Å². The molecule has 3 rings (SSSR count). The van der Waals surface area contributed by atoms with Crippen LogP contribution in [0.3, 0.4) is 0 Å². The van der Waals surface area contributed by atoms with Gasteiger partial charge in [-0.15, -0.1) is 11.8 Å². The Bertz CT molecular complexity index is 1360.